The second-order valence-electron chi connectivity index (χ2n) is 4.36. The van der Waals surface area contributed by atoms with E-state index in [0.29, 0.717) is 0 Å². The molecule has 1 atom stereocenters. The average molecular weight is 234 g/mol. The molecular weight excluding hydrogens is 212 g/mol. The molecular formula is C15H22O2. The van der Waals surface area contributed by atoms with E-state index in [-0.39, 0.29) is 11.9 Å². The molecule has 94 valence electrons. The lowest BCUT2D eigenvalue weighted by molar-refractivity contribution is -0.145. The Kier molecular flexibility index (Phi) is 6.38. The lowest BCUT2D eigenvalue weighted by atomic mass is 9.97. The van der Waals surface area contributed by atoms with Gasteiger partial charge in [0.2, 0.25) is 0 Å². The fourth-order valence-electron chi connectivity index (χ4n) is 2.02. The van der Waals surface area contributed by atoms with Crippen molar-refractivity contribution in [1.82, 2.24) is 0 Å². The molecule has 2 nitrogen and oxygen atoms in total. The third-order valence-electron chi connectivity index (χ3n) is 3.14. The number of rotatable bonds is 7. The molecule has 1 unspecified atom stereocenters. The van der Waals surface area contributed by atoms with Crippen LogP contribution < -0.4 is 0 Å². The summed E-state index contributed by atoms with van der Waals surface area (Å²) in [6.45, 7) is 2.04. The van der Waals surface area contributed by atoms with Gasteiger partial charge in [-0.1, -0.05) is 43.7 Å². The van der Waals surface area contributed by atoms with Gasteiger partial charge < -0.3 is 4.74 Å². The van der Waals surface area contributed by atoms with Gasteiger partial charge in [-0.3, -0.25) is 4.79 Å². The first-order valence-electron chi connectivity index (χ1n) is 6.39. The van der Waals surface area contributed by atoms with E-state index in [1.165, 1.54) is 12.7 Å². The first-order valence-corrected chi connectivity index (χ1v) is 6.39. The highest BCUT2D eigenvalue weighted by molar-refractivity contribution is 5.72. The van der Waals surface area contributed by atoms with Gasteiger partial charge in [-0.25, -0.2) is 0 Å². The molecule has 0 fully saturated rings. The SMILES string of the molecule is CCC(CCCCc1ccccc1)C(=O)OC. The number of unbranched alkanes of at least 4 members (excludes halogenated alkanes) is 1. The van der Waals surface area contributed by atoms with E-state index in [9.17, 15) is 4.79 Å². The number of hydrogen-bond donors (Lipinski definition) is 0. The molecule has 1 aromatic rings. The Hall–Kier alpha value is -1.31. The number of carbonyl (C=O) groups is 1. The minimum Gasteiger partial charge on any atom is -0.469 e. The number of methoxy groups -OCH3 is 1. The molecule has 0 spiro atoms. The first-order chi connectivity index (χ1) is 8.27. The summed E-state index contributed by atoms with van der Waals surface area (Å²) in [6, 6.07) is 10.5. The van der Waals surface area contributed by atoms with Gasteiger partial charge in [-0.2, -0.15) is 0 Å². The van der Waals surface area contributed by atoms with Crippen LogP contribution in [0.3, 0.4) is 0 Å². The van der Waals surface area contributed by atoms with Crippen LogP contribution in [-0.4, -0.2) is 13.1 Å². The second-order valence-corrected chi connectivity index (χ2v) is 4.36. The van der Waals surface area contributed by atoms with E-state index in [1.54, 1.807) is 0 Å². The average Bonchev–Trinajstić information content (AvgIpc) is 2.39. The summed E-state index contributed by atoms with van der Waals surface area (Å²) in [4.78, 5) is 11.4. The minimum atomic E-state index is -0.0628. The van der Waals surface area contributed by atoms with Crippen LogP contribution in [0.5, 0.6) is 0 Å². The van der Waals surface area contributed by atoms with Crippen LogP contribution in [0.1, 0.15) is 38.2 Å². The van der Waals surface area contributed by atoms with E-state index in [4.69, 9.17) is 4.74 Å². The summed E-state index contributed by atoms with van der Waals surface area (Å²) >= 11 is 0. The fourth-order valence-corrected chi connectivity index (χ4v) is 2.02. The second kappa shape index (κ2) is 7.88. The van der Waals surface area contributed by atoms with Crippen molar-refractivity contribution in [3.8, 4) is 0 Å². The van der Waals surface area contributed by atoms with Gasteiger partial charge in [0, 0.05) is 0 Å². The molecule has 0 saturated heterocycles. The smallest absolute Gasteiger partial charge is 0.308 e. The fraction of sp³-hybridized carbons (Fsp3) is 0.533. The Morgan fingerprint density at radius 3 is 2.53 bits per heavy atom. The summed E-state index contributed by atoms with van der Waals surface area (Å²) < 4.78 is 4.78. The molecule has 0 radical (unpaired) electrons. The van der Waals surface area contributed by atoms with Gasteiger partial charge in [0.25, 0.3) is 0 Å². The third-order valence-corrected chi connectivity index (χ3v) is 3.14. The van der Waals surface area contributed by atoms with Crippen molar-refractivity contribution in [3.05, 3.63) is 35.9 Å². The summed E-state index contributed by atoms with van der Waals surface area (Å²) in [5.74, 6) is 0.0167. The summed E-state index contributed by atoms with van der Waals surface area (Å²) in [6.07, 6.45) is 5.13. The van der Waals surface area contributed by atoms with Crippen LogP contribution in [0.4, 0.5) is 0 Å². The lowest BCUT2D eigenvalue weighted by Gasteiger charge is -2.11. The Bertz CT molecular complexity index is 319. The largest absolute Gasteiger partial charge is 0.469 e. The van der Waals surface area contributed by atoms with Crippen LogP contribution in [0.25, 0.3) is 0 Å². The zero-order valence-corrected chi connectivity index (χ0v) is 10.8. The monoisotopic (exact) mass is 234 g/mol. The Balaban J connectivity index is 2.21. The van der Waals surface area contributed by atoms with Gasteiger partial charge in [0.15, 0.2) is 0 Å². The molecule has 0 N–H and O–H groups in total. The van der Waals surface area contributed by atoms with Crippen LogP contribution in [-0.2, 0) is 16.0 Å². The highest BCUT2D eigenvalue weighted by Crippen LogP contribution is 2.15. The Morgan fingerprint density at radius 1 is 1.24 bits per heavy atom. The van der Waals surface area contributed by atoms with Gasteiger partial charge >= 0.3 is 5.97 Å². The van der Waals surface area contributed by atoms with Crippen molar-refractivity contribution >= 4 is 5.97 Å². The van der Waals surface area contributed by atoms with Gasteiger partial charge in [0.05, 0.1) is 13.0 Å². The standard InChI is InChI=1S/C15H22O2/c1-3-14(15(16)17-2)12-8-7-11-13-9-5-4-6-10-13/h4-6,9-10,14H,3,7-8,11-12H2,1-2H3. The van der Waals surface area contributed by atoms with Crippen molar-refractivity contribution in [1.29, 1.82) is 0 Å². The Labute approximate surface area is 104 Å². The van der Waals surface area contributed by atoms with E-state index < -0.39 is 0 Å². The van der Waals surface area contributed by atoms with Crippen LogP contribution >= 0.6 is 0 Å². The van der Waals surface area contributed by atoms with Crippen molar-refractivity contribution in [2.45, 2.75) is 39.0 Å². The molecule has 0 aliphatic carbocycles. The number of ether oxygens (including phenoxy) is 1. The van der Waals surface area contributed by atoms with Crippen molar-refractivity contribution in [2.75, 3.05) is 7.11 Å². The van der Waals surface area contributed by atoms with E-state index in [1.807, 2.05) is 13.0 Å². The molecule has 17 heavy (non-hydrogen) atoms. The van der Waals surface area contributed by atoms with Gasteiger partial charge in [-0.15, -0.1) is 0 Å². The van der Waals surface area contributed by atoms with E-state index in [0.717, 1.165) is 32.1 Å². The maximum Gasteiger partial charge on any atom is 0.308 e. The molecule has 0 bridgehead atoms. The number of carbonyl (C=O) groups excluding carboxylic acids is 1. The predicted molar refractivity (Wildman–Crippen MR) is 69.8 cm³/mol. The normalized spacial score (nSPS) is 12.1. The van der Waals surface area contributed by atoms with Crippen LogP contribution in [0.15, 0.2) is 30.3 Å². The maximum absolute atomic E-state index is 11.4. The van der Waals surface area contributed by atoms with Gasteiger partial charge in [-0.05, 0) is 31.2 Å². The topological polar surface area (TPSA) is 26.3 Å². The number of benzene rings is 1. The van der Waals surface area contributed by atoms with Crippen LogP contribution in [0.2, 0.25) is 0 Å². The van der Waals surface area contributed by atoms with E-state index in [2.05, 4.69) is 24.3 Å². The number of aryl methyl sites for hydroxylation is 1. The number of hydrogen-bond acceptors (Lipinski definition) is 2. The zero-order chi connectivity index (χ0) is 12.5. The molecule has 0 amide bonds. The minimum absolute atomic E-state index is 0.0628. The molecule has 1 aromatic carbocycles. The molecule has 0 saturated carbocycles. The van der Waals surface area contributed by atoms with Crippen molar-refractivity contribution in [3.63, 3.8) is 0 Å². The highest BCUT2D eigenvalue weighted by atomic mass is 16.5. The van der Waals surface area contributed by atoms with Crippen molar-refractivity contribution < 1.29 is 9.53 Å². The zero-order valence-electron chi connectivity index (χ0n) is 10.8. The molecule has 0 aromatic heterocycles. The number of esters is 1. The predicted octanol–water partition coefficient (Wildman–Crippen LogP) is 3.60. The molecule has 0 aliphatic rings. The quantitative estimate of drug-likeness (QED) is 0.532. The summed E-state index contributed by atoms with van der Waals surface area (Å²) in [5, 5.41) is 0. The highest BCUT2D eigenvalue weighted by Gasteiger charge is 2.15. The summed E-state index contributed by atoms with van der Waals surface area (Å²) in [5.41, 5.74) is 1.37. The van der Waals surface area contributed by atoms with Gasteiger partial charge in [0.1, 0.15) is 0 Å². The molecule has 2 heteroatoms. The molecule has 1 rings (SSSR count). The van der Waals surface area contributed by atoms with Crippen molar-refractivity contribution in [2.24, 2.45) is 5.92 Å². The molecule has 0 heterocycles. The third kappa shape index (κ3) is 5.03. The maximum atomic E-state index is 11.4. The lowest BCUT2D eigenvalue weighted by Crippen LogP contribution is -2.15. The summed E-state index contributed by atoms with van der Waals surface area (Å²) in [7, 11) is 1.47. The Morgan fingerprint density at radius 2 is 1.94 bits per heavy atom. The van der Waals surface area contributed by atoms with E-state index >= 15 is 0 Å². The van der Waals surface area contributed by atoms with Crippen LogP contribution in [0, 0.1) is 5.92 Å². The molecule has 0 aliphatic heterocycles. The first kappa shape index (κ1) is 13.8.